The normalized spacial score (nSPS) is 10.5. The third-order valence-electron chi connectivity index (χ3n) is 2.66. The fraction of sp³-hybridized carbons (Fsp3) is 0.143. The number of amides is 1. The van der Waals surface area contributed by atoms with Crippen molar-refractivity contribution in [1.29, 1.82) is 0 Å². The van der Waals surface area contributed by atoms with Crippen LogP contribution in [0.25, 0.3) is 0 Å². The first-order valence-electron chi connectivity index (χ1n) is 5.97. The molecule has 0 radical (unpaired) electrons. The van der Waals surface area contributed by atoms with Gasteiger partial charge in [-0.1, -0.05) is 46.9 Å². The van der Waals surface area contributed by atoms with Crippen LogP contribution in [0.15, 0.2) is 35.4 Å². The summed E-state index contributed by atoms with van der Waals surface area (Å²) in [4.78, 5) is 16.8. The van der Waals surface area contributed by atoms with Gasteiger partial charge in [0.2, 0.25) is 5.91 Å². The van der Waals surface area contributed by atoms with E-state index in [4.69, 9.17) is 34.8 Å². The second-order valence-corrected chi connectivity index (χ2v) is 6.37. The maximum Gasteiger partial charge on any atom is 0.235 e. The number of carbonyl (C=O) groups is 1. The summed E-state index contributed by atoms with van der Waals surface area (Å²) in [5.41, 5.74) is 0.683. The molecule has 110 valence electrons. The Morgan fingerprint density at radius 1 is 1.24 bits per heavy atom. The molecular formula is C14H11Cl3N2OS. The number of pyridine rings is 1. The summed E-state index contributed by atoms with van der Waals surface area (Å²) >= 11 is 19.4. The Kier molecular flexibility index (Phi) is 5.76. The van der Waals surface area contributed by atoms with Crippen molar-refractivity contribution in [3.8, 4) is 0 Å². The summed E-state index contributed by atoms with van der Waals surface area (Å²) in [6.45, 7) is 1.76. The van der Waals surface area contributed by atoms with Crippen LogP contribution in [0.2, 0.25) is 15.1 Å². The molecule has 1 heterocycles. The van der Waals surface area contributed by atoms with Crippen LogP contribution in [0.3, 0.4) is 0 Å². The zero-order valence-electron chi connectivity index (χ0n) is 11.0. The minimum absolute atomic E-state index is 0.212. The van der Waals surface area contributed by atoms with Gasteiger partial charge in [0.1, 0.15) is 0 Å². The lowest BCUT2D eigenvalue weighted by Gasteiger charge is -2.09. The zero-order chi connectivity index (χ0) is 15.4. The Morgan fingerprint density at radius 3 is 2.67 bits per heavy atom. The molecule has 0 bridgehead atoms. The summed E-state index contributed by atoms with van der Waals surface area (Å²) in [7, 11) is 0. The van der Waals surface area contributed by atoms with Gasteiger partial charge in [0.25, 0.3) is 0 Å². The summed E-state index contributed by atoms with van der Waals surface area (Å²) < 4.78 is 0. The highest BCUT2D eigenvalue weighted by Crippen LogP contribution is 2.29. The highest BCUT2D eigenvalue weighted by atomic mass is 35.5. The van der Waals surface area contributed by atoms with E-state index in [1.165, 1.54) is 18.0 Å². The molecule has 1 amide bonds. The maximum atomic E-state index is 11.9. The van der Waals surface area contributed by atoms with E-state index in [9.17, 15) is 4.79 Å². The van der Waals surface area contributed by atoms with E-state index in [0.717, 1.165) is 4.90 Å². The second-order valence-electron chi connectivity index (χ2n) is 4.16. The van der Waals surface area contributed by atoms with Gasteiger partial charge in [-0.15, -0.1) is 11.8 Å². The SMILES string of the molecule is Cc1c(Cl)cnc(NC(=O)CSc2ccccc2Cl)c1Cl. The zero-order valence-corrected chi connectivity index (χ0v) is 14.1. The smallest absolute Gasteiger partial charge is 0.235 e. The molecule has 1 aromatic carbocycles. The van der Waals surface area contributed by atoms with E-state index in [0.29, 0.717) is 26.4 Å². The number of carbonyl (C=O) groups excluding carboxylic acids is 1. The van der Waals surface area contributed by atoms with Crippen LogP contribution in [-0.4, -0.2) is 16.6 Å². The van der Waals surface area contributed by atoms with E-state index in [2.05, 4.69) is 10.3 Å². The molecule has 0 saturated carbocycles. The first kappa shape index (κ1) is 16.4. The van der Waals surface area contributed by atoms with Crippen LogP contribution in [-0.2, 0) is 4.79 Å². The molecule has 1 aromatic heterocycles. The van der Waals surface area contributed by atoms with Crippen molar-refractivity contribution in [1.82, 2.24) is 4.98 Å². The third kappa shape index (κ3) is 4.27. The summed E-state index contributed by atoms with van der Waals surface area (Å²) in [5, 5.41) is 4.09. The molecule has 0 aliphatic rings. The Labute approximate surface area is 142 Å². The van der Waals surface area contributed by atoms with Gasteiger partial charge in [-0.3, -0.25) is 4.79 Å². The maximum absolute atomic E-state index is 11.9. The van der Waals surface area contributed by atoms with Crippen LogP contribution in [0.1, 0.15) is 5.56 Å². The number of nitrogens with one attached hydrogen (secondary N) is 1. The highest BCUT2D eigenvalue weighted by Gasteiger charge is 2.12. The first-order valence-corrected chi connectivity index (χ1v) is 8.08. The third-order valence-corrected chi connectivity index (χ3v) is 5.01. The molecule has 0 atom stereocenters. The van der Waals surface area contributed by atoms with Crippen molar-refractivity contribution >= 4 is 58.3 Å². The van der Waals surface area contributed by atoms with E-state index < -0.39 is 0 Å². The number of anilines is 1. The molecular weight excluding hydrogens is 351 g/mol. The van der Waals surface area contributed by atoms with Crippen molar-refractivity contribution in [2.75, 3.05) is 11.1 Å². The molecule has 3 nitrogen and oxygen atoms in total. The predicted molar refractivity (Wildman–Crippen MR) is 89.8 cm³/mol. The lowest BCUT2D eigenvalue weighted by Crippen LogP contribution is -2.15. The van der Waals surface area contributed by atoms with Gasteiger partial charge in [0, 0.05) is 11.1 Å². The number of thioether (sulfide) groups is 1. The van der Waals surface area contributed by atoms with Crippen molar-refractivity contribution < 1.29 is 4.79 Å². The largest absolute Gasteiger partial charge is 0.309 e. The van der Waals surface area contributed by atoms with E-state index in [1.807, 2.05) is 18.2 Å². The fourth-order valence-corrected chi connectivity index (χ4v) is 2.95. The minimum atomic E-state index is -0.212. The van der Waals surface area contributed by atoms with Gasteiger partial charge in [-0.05, 0) is 24.6 Å². The average Bonchev–Trinajstić information content (AvgIpc) is 2.47. The van der Waals surface area contributed by atoms with Crippen molar-refractivity contribution in [2.45, 2.75) is 11.8 Å². The molecule has 2 aromatic rings. The number of nitrogens with zero attached hydrogens (tertiary/aromatic N) is 1. The molecule has 0 fully saturated rings. The monoisotopic (exact) mass is 360 g/mol. The number of hydrogen-bond acceptors (Lipinski definition) is 3. The molecule has 1 N–H and O–H groups in total. The Balaban J connectivity index is 2.00. The van der Waals surface area contributed by atoms with Gasteiger partial charge in [0.05, 0.1) is 20.8 Å². The van der Waals surface area contributed by atoms with Gasteiger partial charge in [-0.25, -0.2) is 4.98 Å². The number of aromatic nitrogens is 1. The average molecular weight is 362 g/mol. The molecule has 0 spiro atoms. The lowest BCUT2D eigenvalue weighted by atomic mass is 10.3. The Bertz CT molecular complexity index is 679. The Morgan fingerprint density at radius 2 is 1.95 bits per heavy atom. The van der Waals surface area contributed by atoms with E-state index >= 15 is 0 Å². The number of hydrogen-bond donors (Lipinski definition) is 1. The number of rotatable bonds is 4. The molecule has 0 aliphatic heterocycles. The molecule has 0 aliphatic carbocycles. The molecule has 0 saturated heterocycles. The quantitative estimate of drug-likeness (QED) is 0.772. The van der Waals surface area contributed by atoms with Gasteiger partial charge in [-0.2, -0.15) is 0 Å². The standard InChI is InChI=1S/C14H11Cl3N2OS/c1-8-10(16)6-18-14(13(8)17)19-12(20)7-21-11-5-3-2-4-9(11)15/h2-6H,7H2,1H3,(H,18,19,20). The highest BCUT2D eigenvalue weighted by molar-refractivity contribution is 8.00. The number of benzene rings is 1. The lowest BCUT2D eigenvalue weighted by molar-refractivity contribution is -0.113. The minimum Gasteiger partial charge on any atom is -0.309 e. The van der Waals surface area contributed by atoms with Gasteiger partial charge >= 0.3 is 0 Å². The van der Waals surface area contributed by atoms with Crippen molar-refractivity contribution in [2.24, 2.45) is 0 Å². The van der Waals surface area contributed by atoms with Crippen LogP contribution in [0.4, 0.5) is 5.82 Å². The van der Waals surface area contributed by atoms with Gasteiger partial charge in [0.15, 0.2) is 5.82 Å². The van der Waals surface area contributed by atoms with Crippen LogP contribution < -0.4 is 5.32 Å². The molecule has 2 rings (SSSR count). The second kappa shape index (κ2) is 7.36. The van der Waals surface area contributed by atoms with E-state index in [-0.39, 0.29) is 11.7 Å². The first-order chi connectivity index (χ1) is 9.99. The summed E-state index contributed by atoms with van der Waals surface area (Å²) in [6.07, 6.45) is 1.46. The fourth-order valence-electron chi connectivity index (χ4n) is 1.52. The van der Waals surface area contributed by atoms with Crippen LogP contribution in [0, 0.1) is 6.92 Å². The Hall–Kier alpha value is -0.940. The molecule has 7 heteroatoms. The number of halogens is 3. The summed E-state index contributed by atoms with van der Waals surface area (Å²) in [5.74, 6) is 0.308. The van der Waals surface area contributed by atoms with Crippen LogP contribution >= 0.6 is 46.6 Å². The van der Waals surface area contributed by atoms with Crippen molar-refractivity contribution in [3.63, 3.8) is 0 Å². The van der Waals surface area contributed by atoms with Crippen LogP contribution in [0.5, 0.6) is 0 Å². The summed E-state index contributed by atoms with van der Waals surface area (Å²) in [6, 6.07) is 7.35. The topological polar surface area (TPSA) is 42.0 Å². The predicted octanol–water partition coefficient (Wildman–Crippen LogP) is 5.08. The van der Waals surface area contributed by atoms with Gasteiger partial charge < -0.3 is 5.32 Å². The molecule has 21 heavy (non-hydrogen) atoms. The van der Waals surface area contributed by atoms with E-state index in [1.54, 1.807) is 13.0 Å². The molecule has 0 unspecified atom stereocenters. The van der Waals surface area contributed by atoms with Crippen molar-refractivity contribution in [3.05, 3.63) is 51.1 Å².